The zero-order valence-corrected chi connectivity index (χ0v) is 18.1. The van der Waals surface area contributed by atoms with Crippen LogP contribution in [0.5, 0.6) is 0 Å². The van der Waals surface area contributed by atoms with Gasteiger partial charge in [-0.1, -0.05) is 42.0 Å². The van der Waals surface area contributed by atoms with Crippen LogP contribution < -0.4 is 5.32 Å². The fourth-order valence-electron chi connectivity index (χ4n) is 3.69. The van der Waals surface area contributed by atoms with E-state index < -0.39 is 0 Å². The molecule has 0 saturated carbocycles. The number of nitrogens with one attached hydrogen (secondary N) is 1. The molecule has 1 aliphatic rings. The van der Waals surface area contributed by atoms with Gasteiger partial charge in [0.15, 0.2) is 5.76 Å². The molecule has 1 fully saturated rings. The monoisotopic (exact) mass is 419 g/mol. The fourth-order valence-corrected chi connectivity index (χ4v) is 3.69. The Morgan fingerprint density at radius 2 is 1.87 bits per heavy atom. The van der Waals surface area contributed by atoms with Crippen LogP contribution in [0.1, 0.15) is 29.3 Å². The minimum atomic E-state index is -0.111. The molecule has 1 aliphatic heterocycles. The summed E-state index contributed by atoms with van der Waals surface area (Å²) in [6, 6.07) is 15.6. The molecule has 162 valence electrons. The van der Waals surface area contributed by atoms with Crippen LogP contribution in [0, 0.1) is 6.92 Å². The van der Waals surface area contributed by atoms with Crippen LogP contribution in [-0.2, 0) is 4.74 Å². The first-order chi connectivity index (χ1) is 15.1. The third-order valence-corrected chi connectivity index (χ3v) is 5.60. The summed E-state index contributed by atoms with van der Waals surface area (Å²) in [5.74, 6) is 1.02. The minimum Gasteiger partial charge on any atom is -0.436 e. The number of nitrogens with zero attached hydrogens (tertiary/aromatic N) is 2. The number of hydrogen-bond donors (Lipinski definition) is 1. The minimum absolute atomic E-state index is 0.0658. The summed E-state index contributed by atoms with van der Waals surface area (Å²) in [5.41, 5.74) is 3.41. The molecule has 2 aromatic carbocycles. The van der Waals surface area contributed by atoms with Gasteiger partial charge < -0.3 is 14.5 Å². The van der Waals surface area contributed by atoms with Crippen molar-refractivity contribution in [3.63, 3.8) is 0 Å². The third-order valence-electron chi connectivity index (χ3n) is 5.60. The smallest absolute Gasteiger partial charge is 0.252 e. The van der Waals surface area contributed by atoms with Crippen molar-refractivity contribution in [3.05, 3.63) is 65.9 Å². The number of benzene rings is 2. The Hall–Kier alpha value is -2.96. The first-order valence-electron chi connectivity index (χ1n) is 10.8. The highest BCUT2D eigenvalue weighted by atomic mass is 16.5. The number of carbonyl (C=O) groups excluding carboxylic acids is 1. The maximum Gasteiger partial charge on any atom is 0.252 e. The van der Waals surface area contributed by atoms with E-state index in [1.807, 2.05) is 62.4 Å². The molecular formula is C25H29N3O3. The molecule has 1 N–H and O–H groups in total. The molecule has 6 heteroatoms. The van der Waals surface area contributed by atoms with Gasteiger partial charge in [-0.05, 0) is 32.4 Å². The molecule has 1 atom stereocenters. The lowest BCUT2D eigenvalue weighted by Crippen LogP contribution is -2.40. The third kappa shape index (κ3) is 5.40. The van der Waals surface area contributed by atoms with Gasteiger partial charge in [0.05, 0.1) is 25.0 Å². The van der Waals surface area contributed by atoms with Gasteiger partial charge in [-0.3, -0.25) is 9.69 Å². The van der Waals surface area contributed by atoms with Crippen LogP contribution in [-0.4, -0.2) is 54.7 Å². The van der Waals surface area contributed by atoms with Crippen LogP contribution in [0.25, 0.3) is 22.8 Å². The largest absolute Gasteiger partial charge is 0.436 e. The van der Waals surface area contributed by atoms with Crippen LogP contribution >= 0.6 is 0 Å². The molecule has 6 nitrogen and oxygen atoms in total. The van der Waals surface area contributed by atoms with Crippen molar-refractivity contribution in [1.82, 2.24) is 15.2 Å². The average molecular weight is 420 g/mol. The van der Waals surface area contributed by atoms with Gasteiger partial charge in [-0.15, -0.1) is 0 Å². The Kier molecular flexibility index (Phi) is 6.79. The molecule has 0 bridgehead atoms. The number of rotatable bonds is 7. The van der Waals surface area contributed by atoms with Gasteiger partial charge in [0.2, 0.25) is 5.89 Å². The molecule has 0 spiro atoms. The van der Waals surface area contributed by atoms with E-state index in [1.54, 1.807) is 6.20 Å². The molecule has 0 radical (unpaired) electrons. The lowest BCUT2D eigenvalue weighted by molar-refractivity contribution is 0.0363. The van der Waals surface area contributed by atoms with Gasteiger partial charge >= 0.3 is 0 Å². The van der Waals surface area contributed by atoms with Crippen LogP contribution in [0.15, 0.2) is 59.1 Å². The molecule has 1 amide bonds. The number of ether oxygens (including phenoxy) is 1. The standard InChI is InChI=1S/C25H29N3O3/c1-18-7-9-20(10-8-18)23-17-26-25(31-23)22-6-4-3-5-21(22)24(29)27-19(2)11-12-28-13-15-30-16-14-28/h3-10,17,19H,11-16H2,1-2H3,(H,27,29). The van der Waals surface area contributed by atoms with E-state index in [-0.39, 0.29) is 11.9 Å². The Balaban J connectivity index is 1.44. The Bertz CT molecular complexity index is 1010. The van der Waals surface area contributed by atoms with Crippen molar-refractivity contribution in [2.24, 2.45) is 0 Å². The molecular weight excluding hydrogens is 390 g/mol. The van der Waals surface area contributed by atoms with E-state index in [4.69, 9.17) is 9.15 Å². The van der Waals surface area contributed by atoms with E-state index in [0.717, 1.165) is 44.8 Å². The summed E-state index contributed by atoms with van der Waals surface area (Å²) in [4.78, 5) is 19.8. The van der Waals surface area contributed by atoms with Gasteiger partial charge in [-0.25, -0.2) is 4.98 Å². The van der Waals surface area contributed by atoms with Crippen molar-refractivity contribution in [1.29, 1.82) is 0 Å². The zero-order valence-electron chi connectivity index (χ0n) is 18.1. The van der Waals surface area contributed by atoms with Crippen molar-refractivity contribution in [2.75, 3.05) is 32.8 Å². The molecule has 2 heterocycles. The van der Waals surface area contributed by atoms with E-state index in [0.29, 0.717) is 22.8 Å². The number of hydrogen-bond acceptors (Lipinski definition) is 5. The van der Waals surface area contributed by atoms with Crippen molar-refractivity contribution in [2.45, 2.75) is 26.3 Å². The number of amides is 1. The lowest BCUT2D eigenvalue weighted by Gasteiger charge is -2.27. The van der Waals surface area contributed by atoms with E-state index in [1.165, 1.54) is 5.56 Å². The van der Waals surface area contributed by atoms with E-state index in [9.17, 15) is 4.79 Å². The highest BCUT2D eigenvalue weighted by Crippen LogP contribution is 2.28. The Morgan fingerprint density at radius 3 is 2.65 bits per heavy atom. The van der Waals surface area contributed by atoms with Crippen LogP contribution in [0.2, 0.25) is 0 Å². The Morgan fingerprint density at radius 1 is 1.13 bits per heavy atom. The molecule has 4 rings (SSSR count). The SMILES string of the molecule is Cc1ccc(-c2cnc(-c3ccccc3C(=O)NC(C)CCN3CCOCC3)o2)cc1. The summed E-state index contributed by atoms with van der Waals surface area (Å²) in [7, 11) is 0. The predicted octanol–water partition coefficient (Wildman–Crippen LogP) is 4.16. The average Bonchev–Trinajstić information content (AvgIpc) is 3.29. The van der Waals surface area contributed by atoms with Gasteiger partial charge in [-0.2, -0.15) is 0 Å². The van der Waals surface area contributed by atoms with E-state index in [2.05, 4.69) is 15.2 Å². The summed E-state index contributed by atoms with van der Waals surface area (Å²) in [6.45, 7) is 8.53. The van der Waals surface area contributed by atoms with Crippen molar-refractivity contribution < 1.29 is 13.9 Å². The maximum atomic E-state index is 13.0. The summed E-state index contributed by atoms with van der Waals surface area (Å²) >= 11 is 0. The number of oxazole rings is 1. The van der Waals surface area contributed by atoms with Gasteiger partial charge in [0.1, 0.15) is 0 Å². The number of morpholine rings is 1. The first kappa shape index (κ1) is 21.3. The Labute approximate surface area is 183 Å². The van der Waals surface area contributed by atoms with Gasteiger partial charge in [0.25, 0.3) is 5.91 Å². The van der Waals surface area contributed by atoms with Crippen LogP contribution in [0.3, 0.4) is 0 Å². The molecule has 1 saturated heterocycles. The van der Waals surface area contributed by atoms with Crippen LogP contribution in [0.4, 0.5) is 0 Å². The molecule has 0 aliphatic carbocycles. The molecule has 1 aromatic heterocycles. The number of carbonyl (C=O) groups is 1. The molecule has 1 unspecified atom stereocenters. The van der Waals surface area contributed by atoms with Crippen molar-refractivity contribution >= 4 is 5.91 Å². The fraction of sp³-hybridized carbons (Fsp3) is 0.360. The molecule has 3 aromatic rings. The summed E-state index contributed by atoms with van der Waals surface area (Å²) < 4.78 is 11.4. The highest BCUT2D eigenvalue weighted by Gasteiger charge is 2.19. The number of aryl methyl sites for hydroxylation is 1. The highest BCUT2D eigenvalue weighted by molar-refractivity contribution is 6.00. The van der Waals surface area contributed by atoms with Gasteiger partial charge in [0, 0.05) is 36.8 Å². The second kappa shape index (κ2) is 9.90. The lowest BCUT2D eigenvalue weighted by atomic mass is 10.1. The zero-order chi connectivity index (χ0) is 21.6. The summed E-state index contributed by atoms with van der Waals surface area (Å²) in [5, 5.41) is 3.12. The van der Waals surface area contributed by atoms with E-state index >= 15 is 0 Å². The maximum absolute atomic E-state index is 13.0. The quantitative estimate of drug-likeness (QED) is 0.623. The topological polar surface area (TPSA) is 67.6 Å². The summed E-state index contributed by atoms with van der Waals surface area (Å²) in [6.07, 6.45) is 2.60. The predicted molar refractivity (Wildman–Crippen MR) is 121 cm³/mol. The second-order valence-corrected chi connectivity index (χ2v) is 8.06. The first-order valence-corrected chi connectivity index (χ1v) is 10.8. The number of aromatic nitrogens is 1. The normalized spacial score (nSPS) is 15.5. The second-order valence-electron chi connectivity index (χ2n) is 8.06. The van der Waals surface area contributed by atoms with Crippen molar-refractivity contribution in [3.8, 4) is 22.8 Å². The molecule has 31 heavy (non-hydrogen) atoms.